The van der Waals surface area contributed by atoms with E-state index in [4.69, 9.17) is 0 Å². The molecule has 3 rings (SSSR count). The van der Waals surface area contributed by atoms with Gasteiger partial charge >= 0.3 is 0 Å². The van der Waals surface area contributed by atoms with Crippen LogP contribution in [0.2, 0.25) is 0 Å². The van der Waals surface area contributed by atoms with E-state index in [1.807, 2.05) is 31.2 Å². The van der Waals surface area contributed by atoms with E-state index in [0.29, 0.717) is 5.56 Å². The molecule has 0 aliphatic heterocycles. The lowest BCUT2D eigenvalue weighted by Crippen LogP contribution is -2.02. The molecule has 1 aromatic heterocycles. The number of halogens is 1. The van der Waals surface area contributed by atoms with Gasteiger partial charge in [0.05, 0.1) is 0 Å². The number of nitrogens with one attached hydrogen (secondary N) is 1. The predicted molar refractivity (Wildman–Crippen MR) is 87.4 cm³/mol. The van der Waals surface area contributed by atoms with Crippen molar-refractivity contribution in [1.29, 1.82) is 5.26 Å². The zero-order valence-corrected chi connectivity index (χ0v) is 12.4. The van der Waals surface area contributed by atoms with Gasteiger partial charge in [0.2, 0.25) is 5.78 Å². The summed E-state index contributed by atoms with van der Waals surface area (Å²) in [4.78, 5) is 15.7. The van der Waals surface area contributed by atoms with E-state index in [1.54, 1.807) is 18.3 Å². The molecule has 3 aromatic rings. The van der Waals surface area contributed by atoms with E-state index >= 15 is 0 Å². The Kier molecular flexibility index (Phi) is 3.78. The smallest absolute Gasteiger partial charge is 0.205 e. The molecule has 0 unspecified atom stereocenters. The summed E-state index contributed by atoms with van der Waals surface area (Å²) in [5.74, 6) is -0.889. The van der Waals surface area contributed by atoms with Crippen molar-refractivity contribution < 1.29 is 9.18 Å². The summed E-state index contributed by atoms with van der Waals surface area (Å²) in [5, 5.41) is 10.1. The number of nitriles is 1. The second kappa shape index (κ2) is 5.90. The number of Topliss-reactive ketones (excluding diaryl/α,β-unsaturated/α-hetero) is 1. The predicted octanol–water partition coefficient (Wildman–Crippen LogP) is 4.41. The average Bonchev–Trinajstić information content (AvgIpc) is 2.99. The molecular formula is C19H13FN2O. The van der Waals surface area contributed by atoms with E-state index in [2.05, 4.69) is 4.98 Å². The molecule has 0 saturated heterocycles. The SMILES string of the molecule is Cc1cccc2[nH]cc(C(=O)/C(C#N)=C\c3ccccc3F)c12. The van der Waals surface area contributed by atoms with Crippen LogP contribution < -0.4 is 0 Å². The maximum Gasteiger partial charge on any atom is 0.205 e. The summed E-state index contributed by atoms with van der Waals surface area (Å²) in [6, 6.07) is 13.6. The maximum atomic E-state index is 13.7. The highest BCUT2D eigenvalue weighted by Crippen LogP contribution is 2.25. The number of rotatable bonds is 3. The van der Waals surface area contributed by atoms with Crippen LogP contribution in [0.15, 0.2) is 54.2 Å². The molecule has 3 nitrogen and oxygen atoms in total. The summed E-state index contributed by atoms with van der Waals surface area (Å²) in [6.07, 6.45) is 2.88. The Labute approximate surface area is 132 Å². The Morgan fingerprint density at radius 1 is 1.22 bits per heavy atom. The summed E-state index contributed by atoms with van der Waals surface area (Å²) in [6.45, 7) is 1.90. The average molecular weight is 304 g/mol. The first kappa shape index (κ1) is 14.7. The van der Waals surface area contributed by atoms with Gasteiger partial charge in [-0.25, -0.2) is 4.39 Å². The molecule has 1 heterocycles. The lowest BCUT2D eigenvalue weighted by molar-refractivity contribution is 0.104. The van der Waals surface area contributed by atoms with Gasteiger partial charge in [0.25, 0.3) is 0 Å². The number of fused-ring (bicyclic) bond motifs is 1. The number of carbonyl (C=O) groups excluding carboxylic acids is 1. The largest absolute Gasteiger partial charge is 0.360 e. The Morgan fingerprint density at radius 2 is 2.00 bits per heavy atom. The molecule has 0 spiro atoms. The van der Waals surface area contributed by atoms with Crippen LogP contribution in [0, 0.1) is 24.1 Å². The summed E-state index contributed by atoms with van der Waals surface area (Å²) >= 11 is 0. The number of aromatic nitrogens is 1. The van der Waals surface area contributed by atoms with Gasteiger partial charge in [-0.1, -0.05) is 30.3 Å². The van der Waals surface area contributed by atoms with E-state index in [9.17, 15) is 14.4 Å². The zero-order valence-electron chi connectivity index (χ0n) is 12.4. The molecule has 4 heteroatoms. The minimum Gasteiger partial charge on any atom is -0.360 e. The number of benzene rings is 2. The minimum absolute atomic E-state index is 0.0979. The Bertz CT molecular complexity index is 976. The van der Waals surface area contributed by atoms with Crippen molar-refractivity contribution >= 4 is 22.8 Å². The molecule has 0 aliphatic rings. The molecule has 1 N–H and O–H groups in total. The first-order chi connectivity index (χ1) is 11.1. The highest BCUT2D eigenvalue weighted by molar-refractivity contribution is 6.20. The second-order valence-electron chi connectivity index (χ2n) is 5.22. The van der Waals surface area contributed by atoms with Gasteiger partial charge in [0.1, 0.15) is 17.5 Å². The molecule has 23 heavy (non-hydrogen) atoms. The molecule has 2 aromatic carbocycles. The lowest BCUT2D eigenvalue weighted by Gasteiger charge is -2.02. The maximum absolute atomic E-state index is 13.7. The first-order valence-corrected chi connectivity index (χ1v) is 7.09. The third-order valence-electron chi connectivity index (χ3n) is 3.73. The van der Waals surface area contributed by atoms with E-state index in [1.165, 1.54) is 18.2 Å². The Hall–Kier alpha value is -3.19. The van der Waals surface area contributed by atoms with Crippen molar-refractivity contribution in [2.45, 2.75) is 6.92 Å². The number of H-pyrrole nitrogens is 1. The van der Waals surface area contributed by atoms with Crippen LogP contribution in [0.4, 0.5) is 4.39 Å². The summed E-state index contributed by atoms with van der Waals surface area (Å²) < 4.78 is 13.7. The lowest BCUT2D eigenvalue weighted by atomic mass is 9.99. The van der Waals surface area contributed by atoms with Crippen molar-refractivity contribution in [3.05, 3.63) is 76.7 Å². The number of carbonyl (C=O) groups is 1. The fourth-order valence-electron chi connectivity index (χ4n) is 2.59. The Balaban J connectivity index is 2.11. The van der Waals surface area contributed by atoms with Gasteiger partial charge in [0.15, 0.2) is 0 Å². The number of hydrogen-bond donors (Lipinski definition) is 1. The number of allylic oxidation sites excluding steroid dienone is 1. The van der Waals surface area contributed by atoms with Crippen molar-refractivity contribution in [2.24, 2.45) is 0 Å². The van der Waals surface area contributed by atoms with Crippen LogP contribution in [0.1, 0.15) is 21.5 Å². The van der Waals surface area contributed by atoms with Gasteiger partial charge in [-0.2, -0.15) is 5.26 Å². The van der Waals surface area contributed by atoms with Crippen molar-refractivity contribution in [2.75, 3.05) is 0 Å². The van der Waals surface area contributed by atoms with Gasteiger partial charge in [-0.15, -0.1) is 0 Å². The summed E-state index contributed by atoms with van der Waals surface area (Å²) in [7, 11) is 0. The molecule has 0 radical (unpaired) electrons. The fourth-order valence-corrected chi connectivity index (χ4v) is 2.59. The first-order valence-electron chi connectivity index (χ1n) is 7.09. The molecule has 0 fully saturated rings. The van der Waals surface area contributed by atoms with E-state index in [-0.39, 0.29) is 11.1 Å². The van der Waals surface area contributed by atoms with Gasteiger partial charge < -0.3 is 4.98 Å². The highest BCUT2D eigenvalue weighted by Gasteiger charge is 2.18. The monoisotopic (exact) mass is 304 g/mol. The number of hydrogen-bond acceptors (Lipinski definition) is 2. The number of ketones is 1. The molecule has 112 valence electrons. The van der Waals surface area contributed by atoms with Crippen LogP contribution in [0.3, 0.4) is 0 Å². The number of aryl methyl sites for hydroxylation is 1. The standard InChI is InChI=1S/C19H13FN2O/c1-12-5-4-8-17-18(12)15(11-22-17)19(23)14(10-21)9-13-6-2-3-7-16(13)20/h2-9,11,22H,1H3/b14-9-. The van der Waals surface area contributed by atoms with Gasteiger partial charge in [-0.05, 0) is 30.7 Å². The van der Waals surface area contributed by atoms with Crippen LogP contribution in [0.25, 0.3) is 17.0 Å². The normalized spacial score (nSPS) is 11.4. The van der Waals surface area contributed by atoms with Crippen LogP contribution in [-0.2, 0) is 0 Å². The molecular weight excluding hydrogens is 291 g/mol. The third kappa shape index (κ3) is 2.65. The molecule has 0 bridgehead atoms. The highest BCUT2D eigenvalue weighted by atomic mass is 19.1. The van der Waals surface area contributed by atoms with Crippen LogP contribution in [-0.4, -0.2) is 10.8 Å². The summed E-state index contributed by atoms with van der Waals surface area (Å²) in [5.41, 5.74) is 2.31. The number of aromatic amines is 1. The topological polar surface area (TPSA) is 56.6 Å². The van der Waals surface area contributed by atoms with E-state index < -0.39 is 11.6 Å². The fraction of sp³-hybridized carbons (Fsp3) is 0.0526. The van der Waals surface area contributed by atoms with Crippen LogP contribution >= 0.6 is 0 Å². The zero-order chi connectivity index (χ0) is 16.4. The quantitative estimate of drug-likeness (QED) is 0.443. The van der Waals surface area contributed by atoms with Gasteiger partial charge in [-0.3, -0.25) is 4.79 Å². The Morgan fingerprint density at radius 3 is 2.74 bits per heavy atom. The van der Waals surface area contributed by atoms with Crippen molar-refractivity contribution in [3.63, 3.8) is 0 Å². The van der Waals surface area contributed by atoms with Gasteiger partial charge in [0, 0.05) is 28.2 Å². The minimum atomic E-state index is -0.469. The molecule has 0 aliphatic carbocycles. The molecule has 0 atom stereocenters. The van der Waals surface area contributed by atoms with Crippen molar-refractivity contribution in [1.82, 2.24) is 4.98 Å². The second-order valence-corrected chi connectivity index (χ2v) is 5.22. The van der Waals surface area contributed by atoms with E-state index in [0.717, 1.165) is 16.5 Å². The van der Waals surface area contributed by atoms with Crippen LogP contribution in [0.5, 0.6) is 0 Å². The number of nitrogens with zero attached hydrogens (tertiary/aromatic N) is 1. The molecule has 0 saturated carbocycles. The third-order valence-corrected chi connectivity index (χ3v) is 3.73. The van der Waals surface area contributed by atoms with Crippen molar-refractivity contribution in [3.8, 4) is 6.07 Å². The molecule has 0 amide bonds.